The Morgan fingerprint density at radius 3 is 2.55 bits per heavy atom. The fourth-order valence-corrected chi connectivity index (χ4v) is 4.36. The average Bonchev–Trinajstić information content (AvgIpc) is 2.59. The second-order valence-electron chi connectivity index (χ2n) is 8.80. The van der Waals surface area contributed by atoms with Crippen molar-refractivity contribution in [3.8, 4) is 5.75 Å². The Hall–Kier alpha value is -2.61. The number of hydrogen-bond acceptors (Lipinski definition) is 5. The minimum Gasteiger partial charge on any atom is -0.505 e. The fraction of sp³-hybridized carbons (Fsp3) is 0.429. The van der Waals surface area contributed by atoms with Crippen molar-refractivity contribution < 1.29 is 9.32 Å². The van der Waals surface area contributed by atoms with E-state index < -0.39 is 15.3 Å². The predicted octanol–water partition coefficient (Wildman–Crippen LogP) is 3.37. The molecule has 0 fully saturated rings. The van der Waals surface area contributed by atoms with Crippen LogP contribution < -0.4 is 10.9 Å². The van der Waals surface area contributed by atoms with Crippen LogP contribution in [0.1, 0.15) is 58.2 Å². The number of fused-ring (bicyclic) bond motifs is 1. The summed E-state index contributed by atoms with van der Waals surface area (Å²) in [5.74, 6) is 3.45. The Morgan fingerprint density at radius 1 is 1.28 bits per heavy atom. The van der Waals surface area contributed by atoms with E-state index in [1.807, 2.05) is 13.8 Å². The number of benzene rings is 1. The van der Waals surface area contributed by atoms with E-state index in [2.05, 4.69) is 41.5 Å². The zero-order chi connectivity index (χ0) is 21.6. The quantitative estimate of drug-likeness (QED) is 0.745. The van der Waals surface area contributed by atoms with Gasteiger partial charge >= 0.3 is 0 Å². The van der Waals surface area contributed by atoms with E-state index in [0.717, 1.165) is 6.42 Å². The summed E-state index contributed by atoms with van der Waals surface area (Å²) in [6.45, 7) is 10.4. The molecule has 7 nitrogen and oxygen atoms in total. The highest BCUT2D eigenvalue weighted by atomic mass is 32.2. The van der Waals surface area contributed by atoms with Crippen LogP contribution in [-0.4, -0.2) is 30.8 Å². The number of aromatic hydroxyl groups is 1. The van der Waals surface area contributed by atoms with Crippen LogP contribution in [-0.2, 0) is 16.3 Å². The molecule has 0 saturated carbocycles. The second kappa shape index (κ2) is 7.33. The Bertz CT molecular complexity index is 1140. The lowest BCUT2D eigenvalue weighted by molar-refractivity contribution is 0.332. The Kier molecular flexibility index (Phi) is 5.34. The molecule has 156 valence electrons. The molecule has 1 unspecified atom stereocenters. The predicted molar refractivity (Wildman–Crippen MR) is 118 cm³/mol. The monoisotopic (exact) mass is 416 g/mol. The molecule has 0 amide bonds. The molecule has 1 aliphatic heterocycles. The molecule has 0 spiro atoms. The van der Waals surface area contributed by atoms with Crippen molar-refractivity contribution in [2.75, 3.05) is 5.32 Å². The van der Waals surface area contributed by atoms with Crippen LogP contribution >= 0.6 is 0 Å². The van der Waals surface area contributed by atoms with Gasteiger partial charge in [-0.25, -0.2) is 8.89 Å². The molecule has 0 aliphatic carbocycles. The molecule has 3 rings (SSSR count). The number of hydrogen-bond donors (Lipinski definition) is 2. The van der Waals surface area contributed by atoms with Gasteiger partial charge < -0.3 is 10.4 Å². The van der Waals surface area contributed by atoms with Gasteiger partial charge in [-0.05, 0) is 29.8 Å². The van der Waals surface area contributed by atoms with E-state index in [1.165, 1.54) is 4.68 Å². The van der Waals surface area contributed by atoms with Gasteiger partial charge in [0.1, 0.15) is 11.3 Å². The van der Waals surface area contributed by atoms with Gasteiger partial charge in [-0.15, -0.1) is 0 Å². The lowest BCUT2D eigenvalue weighted by Gasteiger charge is -2.23. The van der Waals surface area contributed by atoms with E-state index in [-0.39, 0.29) is 28.5 Å². The SMILES string of the molecule is C=S1(=O)N=C(c2c(O)c(C(C)C)nn(CCC(C)(C)C)c2=O)Nc2ccccc21. The summed E-state index contributed by atoms with van der Waals surface area (Å²) < 4.78 is 18.6. The van der Waals surface area contributed by atoms with Gasteiger partial charge in [0.15, 0.2) is 11.6 Å². The maximum Gasteiger partial charge on any atom is 0.281 e. The highest BCUT2D eigenvalue weighted by Crippen LogP contribution is 2.31. The number of anilines is 1. The topological polar surface area (TPSA) is 96.6 Å². The van der Waals surface area contributed by atoms with Crippen LogP contribution in [0.25, 0.3) is 0 Å². The van der Waals surface area contributed by atoms with Crippen LogP contribution in [0.3, 0.4) is 0 Å². The first kappa shape index (κ1) is 21.1. The van der Waals surface area contributed by atoms with Crippen molar-refractivity contribution in [1.29, 1.82) is 0 Å². The van der Waals surface area contributed by atoms with E-state index >= 15 is 0 Å². The number of nitrogens with zero attached hydrogens (tertiary/aromatic N) is 3. The molecule has 1 atom stereocenters. The summed E-state index contributed by atoms with van der Waals surface area (Å²) in [7, 11) is -3.01. The van der Waals surface area contributed by atoms with Crippen molar-refractivity contribution in [1.82, 2.24) is 9.78 Å². The maximum absolute atomic E-state index is 13.2. The Morgan fingerprint density at radius 2 is 1.93 bits per heavy atom. The third-order valence-corrected chi connectivity index (χ3v) is 6.26. The standard InChI is InChI=1S/C21H28N4O3S/c1-13(2)17-18(26)16(20(27)25(23-17)12-11-21(3,4)5)19-22-14-9-7-8-10-15(14)29(6,28)24-19/h7-10,13,26H,6,11-12H2,1-5H3,(H,22,24,28). The first-order valence-corrected chi connectivity index (χ1v) is 11.3. The molecule has 0 bridgehead atoms. The van der Waals surface area contributed by atoms with Gasteiger partial charge in [-0.2, -0.15) is 9.50 Å². The van der Waals surface area contributed by atoms with Crippen molar-refractivity contribution in [3.05, 3.63) is 45.9 Å². The molecule has 1 aromatic carbocycles. The number of para-hydroxylation sites is 1. The highest BCUT2D eigenvalue weighted by Gasteiger charge is 2.28. The largest absolute Gasteiger partial charge is 0.505 e. The van der Waals surface area contributed by atoms with E-state index in [1.54, 1.807) is 24.3 Å². The maximum atomic E-state index is 13.2. The van der Waals surface area contributed by atoms with E-state index in [4.69, 9.17) is 0 Å². The summed E-state index contributed by atoms with van der Waals surface area (Å²) in [5.41, 5.74) is 0.464. The van der Waals surface area contributed by atoms with Gasteiger partial charge in [0, 0.05) is 12.5 Å². The molecule has 1 aliphatic rings. The normalized spacial score (nSPS) is 18.9. The van der Waals surface area contributed by atoms with Crippen molar-refractivity contribution >= 4 is 27.1 Å². The van der Waals surface area contributed by atoms with Crippen molar-refractivity contribution in [2.24, 2.45) is 9.81 Å². The molecule has 8 heteroatoms. The molecule has 0 radical (unpaired) electrons. The molecular formula is C21H28N4O3S. The average molecular weight is 417 g/mol. The summed E-state index contributed by atoms with van der Waals surface area (Å²) in [6, 6.07) is 6.98. The number of aryl methyl sites for hydroxylation is 1. The van der Waals surface area contributed by atoms with Crippen molar-refractivity contribution in [2.45, 2.75) is 58.4 Å². The molecule has 0 saturated heterocycles. The number of rotatable bonds is 4. The lowest BCUT2D eigenvalue weighted by Crippen LogP contribution is -2.35. The van der Waals surface area contributed by atoms with Gasteiger partial charge in [0.25, 0.3) is 5.56 Å². The number of aromatic nitrogens is 2. The van der Waals surface area contributed by atoms with Gasteiger partial charge in [-0.3, -0.25) is 4.79 Å². The Labute approximate surface area is 171 Å². The molecule has 2 N–H and O–H groups in total. The van der Waals surface area contributed by atoms with E-state index in [9.17, 15) is 14.1 Å². The van der Waals surface area contributed by atoms with Gasteiger partial charge in [-0.1, -0.05) is 46.8 Å². The number of amidine groups is 1. The third-order valence-electron chi connectivity index (χ3n) is 4.74. The van der Waals surface area contributed by atoms with Crippen LogP contribution in [0.5, 0.6) is 5.75 Å². The molecule has 1 aromatic heterocycles. The first-order chi connectivity index (χ1) is 13.4. The van der Waals surface area contributed by atoms with Crippen molar-refractivity contribution in [3.63, 3.8) is 0 Å². The summed E-state index contributed by atoms with van der Waals surface area (Å²) in [6.07, 6.45) is 0.733. The van der Waals surface area contributed by atoms with Crippen LogP contribution in [0, 0.1) is 5.41 Å². The third kappa shape index (κ3) is 4.22. The first-order valence-electron chi connectivity index (χ1n) is 9.58. The second-order valence-corrected chi connectivity index (χ2v) is 10.7. The van der Waals surface area contributed by atoms with Crippen LogP contribution in [0.4, 0.5) is 5.69 Å². The molecular weight excluding hydrogens is 388 g/mol. The lowest BCUT2D eigenvalue weighted by atomic mass is 9.92. The van der Waals surface area contributed by atoms with Gasteiger partial charge in [0.05, 0.1) is 20.3 Å². The minimum absolute atomic E-state index is 0.0123. The highest BCUT2D eigenvalue weighted by molar-refractivity contribution is 7.99. The van der Waals surface area contributed by atoms with Crippen LogP contribution in [0.2, 0.25) is 0 Å². The summed E-state index contributed by atoms with van der Waals surface area (Å²) >= 11 is 0. The smallest absolute Gasteiger partial charge is 0.281 e. The molecule has 2 aromatic rings. The zero-order valence-electron chi connectivity index (χ0n) is 17.5. The Balaban J connectivity index is 2.20. The minimum atomic E-state index is -3.01. The molecule has 2 heterocycles. The zero-order valence-corrected chi connectivity index (χ0v) is 18.3. The number of nitrogens with one attached hydrogen (secondary N) is 1. The summed E-state index contributed by atoms with van der Waals surface area (Å²) in [4.78, 5) is 13.7. The van der Waals surface area contributed by atoms with E-state index in [0.29, 0.717) is 22.8 Å². The summed E-state index contributed by atoms with van der Waals surface area (Å²) in [5, 5.41) is 18.3. The molecule has 29 heavy (non-hydrogen) atoms. The van der Waals surface area contributed by atoms with Gasteiger partial charge in [0.2, 0.25) is 0 Å². The van der Waals surface area contributed by atoms with Crippen LogP contribution in [0.15, 0.2) is 38.4 Å². The fourth-order valence-electron chi connectivity index (χ4n) is 3.08.